The predicted molar refractivity (Wildman–Crippen MR) is 101 cm³/mol. The number of hydrogen-bond donors (Lipinski definition) is 2. The second-order valence-electron chi connectivity index (χ2n) is 6.11. The van der Waals surface area contributed by atoms with Crippen LogP contribution in [-0.2, 0) is 14.6 Å². The number of benzene rings is 1. The number of ether oxygens (including phenoxy) is 1. The zero-order chi connectivity index (χ0) is 17.8. The van der Waals surface area contributed by atoms with Gasteiger partial charge in [-0.1, -0.05) is 11.6 Å². The first-order valence-corrected chi connectivity index (χ1v) is 10.1. The Hall–Kier alpha value is -1.02. The minimum atomic E-state index is -3.51. The summed E-state index contributed by atoms with van der Waals surface area (Å²) in [4.78, 5) is 12.6. The summed E-state index contributed by atoms with van der Waals surface area (Å²) in [5, 5.41) is 6.44. The summed E-state index contributed by atoms with van der Waals surface area (Å²) < 4.78 is 28.7. The molecule has 1 aromatic carbocycles. The van der Waals surface area contributed by atoms with Gasteiger partial charge in [-0.25, -0.2) is 8.42 Å². The molecule has 1 unspecified atom stereocenters. The highest BCUT2D eigenvalue weighted by atomic mass is 35.5. The molecule has 0 spiro atoms. The van der Waals surface area contributed by atoms with E-state index in [0.29, 0.717) is 23.9 Å². The van der Waals surface area contributed by atoms with Crippen LogP contribution in [0.5, 0.6) is 5.75 Å². The maximum Gasteiger partial charge on any atom is 0.241 e. The van der Waals surface area contributed by atoms with E-state index in [0.717, 1.165) is 6.26 Å². The fraction of sp³-hybridized carbons (Fsp3) is 0.562. The van der Waals surface area contributed by atoms with Crippen molar-refractivity contribution in [3.63, 3.8) is 0 Å². The molecule has 1 aromatic rings. The lowest BCUT2D eigenvalue weighted by Gasteiger charge is -2.34. The van der Waals surface area contributed by atoms with Crippen LogP contribution in [0.1, 0.15) is 19.8 Å². The number of sulfone groups is 1. The summed E-state index contributed by atoms with van der Waals surface area (Å²) in [6.45, 7) is 3.06. The Kier molecular flexibility index (Phi) is 7.99. The highest BCUT2D eigenvalue weighted by Gasteiger charge is 2.48. The van der Waals surface area contributed by atoms with E-state index < -0.39 is 20.5 Å². The van der Waals surface area contributed by atoms with Crippen molar-refractivity contribution in [1.82, 2.24) is 10.6 Å². The van der Waals surface area contributed by atoms with E-state index in [4.69, 9.17) is 16.3 Å². The van der Waals surface area contributed by atoms with Gasteiger partial charge in [0.15, 0.2) is 14.6 Å². The SMILES string of the molecule is CC(CNC(=O)C1(S(C)(=O)=O)CCNCC1)Oc1ccc(Cl)cc1.Cl. The molecule has 2 rings (SSSR count). The number of rotatable bonds is 6. The molecule has 1 aliphatic rings. The molecular formula is C16H24Cl2N2O4S. The highest BCUT2D eigenvalue weighted by molar-refractivity contribution is 7.92. The number of carbonyl (C=O) groups excluding carboxylic acids is 1. The van der Waals surface area contributed by atoms with Crippen LogP contribution < -0.4 is 15.4 Å². The molecule has 0 bridgehead atoms. The molecule has 1 heterocycles. The van der Waals surface area contributed by atoms with Gasteiger partial charge in [-0.15, -0.1) is 12.4 Å². The van der Waals surface area contributed by atoms with Crippen molar-refractivity contribution >= 4 is 39.8 Å². The summed E-state index contributed by atoms with van der Waals surface area (Å²) in [7, 11) is -3.51. The number of hydrogen-bond acceptors (Lipinski definition) is 5. The topological polar surface area (TPSA) is 84.5 Å². The summed E-state index contributed by atoms with van der Waals surface area (Å²) in [5.74, 6) is 0.193. The lowest BCUT2D eigenvalue weighted by Crippen LogP contribution is -2.58. The Morgan fingerprint density at radius 3 is 2.40 bits per heavy atom. The van der Waals surface area contributed by atoms with Crippen molar-refractivity contribution in [3.8, 4) is 5.75 Å². The molecule has 1 amide bonds. The molecule has 1 atom stereocenters. The van der Waals surface area contributed by atoms with Gasteiger partial charge < -0.3 is 15.4 Å². The number of nitrogens with one attached hydrogen (secondary N) is 2. The van der Waals surface area contributed by atoms with Gasteiger partial charge in [-0.3, -0.25) is 4.79 Å². The van der Waals surface area contributed by atoms with E-state index in [1.54, 1.807) is 24.3 Å². The Labute approximate surface area is 160 Å². The van der Waals surface area contributed by atoms with Gasteiger partial charge in [0, 0.05) is 11.3 Å². The molecule has 1 aliphatic heterocycles. The van der Waals surface area contributed by atoms with Crippen LogP contribution in [0.2, 0.25) is 5.02 Å². The summed E-state index contributed by atoms with van der Waals surface area (Å²) in [5.41, 5.74) is 0. The maximum atomic E-state index is 12.6. The van der Waals surface area contributed by atoms with Crippen molar-refractivity contribution < 1.29 is 17.9 Å². The highest BCUT2D eigenvalue weighted by Crippen LogP contribution is 2.28. The lowest BCUT2D eigenvalue weighted by molar-refractivity contribution is -0.124. The van der Waals surface area contributed by atoms with Gasteiger partial charge in [0.25, 0.3) is 0 Å². The van der Waals surface area contributed by atoms with Gasteiger partial charge in [0.1, 0.15) is 11.9 Å². The molecule has 9 heteroatoms. The summed E-state index contributed by atoms with van der Waals surface area (Å²) in [6, 6.07) is 6.92. The minimum Gasteiger partial charge on any atom is -0.489 e. The van der Waals surface area contributed by atoms with Crippen LogP contribution in [0.25, 0.3) is 0 Å². The molecule has 6 nitrogen and oxygen atoms in total. The van der Waals surface area contributed by atoms with Crippen molar-refractivity contribution in [2.75, 3.05) is 25.9 Å². The van der Waals surface area contributed by atoms with Crippen LogP contribution >= 0.6 is 24.0 Å². The molecule has 0 aromatic heterocycles. The van der Waals surface area contributed by atoms with Crippen LogP contribution in [-0.4, -0.2) is 51.1 Å². The molecule has 142 valence electrons. The third kappa shape index (κ3) is 5.48. The number of carbonyl (C=O) groups is 1. The smallest absolute Gasteiger partial charge is 0.241 e. The molecule has 25 heavy (non-hydrogen) atoms. The second-order valence-corrected chi connectivity index (χ2v) is 8.87. The average molecular weight is 411 g/mol. The summed E-state index contributed by atoms with van der Waals surface area (Å²) >= 11 is 5.82. The quantitative estimate of drug-likeness (QED) is 0.746. The van der Waals surface area contributed by atoms with E-state index in [1.165, 1.54) is 0 Å². The van der Waals surface area contributed by atoms with Crippen LogP contribution in [0, 0.1) is 0 Å². The number of halogens is 2. The normalized spacial score (nSPS) is 17.9. The van der Waals surface area contributed by atoms with Gasteiger partial charge in [0.2, 0.25) is 5.91 Å². The third-order valence-electron chi connectivity index (χ3n) is 4.24. The third-order valence-corrected chi connectivity index (χ3v) is 6.50. The van der Waals surface area contributed by atoms with Gasteiger partial charge >= 0.3 is 0 Å². The largest absolute Gasteiger partial charge is 0.489 e. The Morgan fingerprint density at radius 2 is 1.88 bits per heavy atom. The molecular weight excluding hydrogens is 387 g/mol. The Bertz CT molecular complexity index is 674. The fourth-order valence-corrected chi connectivity index (χ4v) is 4.26. The second kappa shape index (κ2) is 9.07. The van der Waals surface area contributed by atoms with Crippen LogP contribution in [0.3, 0.4) is 0 Å². The molecule has 2 N–H and O–H groups in total. The molecule has 0 saturated carbocycles. The van der Waals surface area contributed by atoms with Gasteiger partial charge in [-0.2, -0.15) is 0 Å². The maximum absolute atomic E-state index is 12.6. The van der Waals surface area contributed by atoms with Crippen LogP contribution in [0.4, 0.5) is 0 Å². The minimum absolute atomic E-state index is 0. The Morgan fingerprint density at radius 1 is 1.32 bits per heavy atom. The van der Waals surface area contributed by atoms with Crippen LogP contribution in [0.15, 0.2) is 24.3 Å². The predicted octanol–water partition coefficient (Wildman–Crippen LogP) is 1.81. The first kappa shape index (κ1) is 22.0. The van der Waals surface area contributed by atoms with Crippen molar-refractivity contribution in [3.05, 3.63) is 29.3 Å². The first-order valence-electron chi connectivity index (χ1n) is 7.85. The average Bonchev–Trinajstić information content (AvgIpc) is 2.54. The first-order chi connectivity index (χ1) is 11.2. The standard InChI is InChI=1S/C16H23ClN2O4S.ClH/c1-12(23-14-5-3-13(17)4-6-14)11-19-15(20)16(24(2,21)22)7-9-18-10-8-16;/h3-6,12,18H,7-11H2,1-2H3,(H,19,20);1H. The Balaban J connectivity index is 0.00000312. The lowest BCUT2D eigenvalue weighted by atomic mass is 9.96. The zero-order valence-corrected chi connectivity index (χ0v) is 16.6. The van der Waals surface area contributed by atoms with E-state index in [-0.39, 0.29) is 37.9 Å². The number of piperidine rings is 1. The van der Waals surface area contributed by atoms with Gasteiger partial charge in [-0.05, 0) is 57.1 Å². The molecule has 0 radical (unpaired) electrons. The zero-order valence-electron chi connectivity index (χ0n) is 14.2. The molecule has 1 fully saturated rings. The number of amides is 1. The molecule has 1 saturated heterocycles. The van der Waals surface area contributed by atoms with E-state index in [1.807, 2.05) is 6.92 Å². The van der Waals surface area contributed by atoms with E-state index in [9.17, 15) is 13.2 Å². The van der Waals surface area contributed by atoms with Crippen molar-refractivity contribution in [2.24, 2.45) is 0 Å². The summed E-state index contributed by atoms with van der Waals surface area (Å²) in [6.07, 6.45) is 1.40. The van der Waals surface area contributed by atoms with E-state index >= 15 is 0 Å². The fourth-order valence-electron chi connectivity index (χ4n) is 2.78. The van der Waals surface area contributed by atoms with Gasteiger partial charge in [0.05, 0.1) is 6.54 Å². The van der Waals surface area contributed by atoms with Crippen molar-refractivity contribution in [1.29, 1.82) is 0 Å². The van der Waals surface area contributed by atoms with Crippen molar-refractivity contribution in [2.45, 2.75) is 30.6 Å². The monoisotopic (exact) mass is 410 g/mol. The van der Waals surface area contributed by atoms with E-state index in [2.05, 4.69) is 10.6 Å². The molecule has 0 aliphatic carbocycles.